The summed E-state index contributed by atoms with van der Waals surface area (Å²) in [4.78, 5) is 1.97. The van der Waals surface area contributed by atoms with Crippen LogP contribution in [-0.4, -0.2) is 39.5 Å². The van der Waals surface area contributed by atoms with Crippen molar-refractivity contribution in [2.24, 2.45) is 0 Å². The monoisotopic (exact) mass is 187 g/mol. The van der Waals surface area contributed by atoms with Crippen LogP contribution >= 0.6 is 0 Å². The van der Waals surface area contributed by atoms with Crippen LogP contribution in [0.1, 0.15) is 40.0 Å². The van der Waals surface area contributed by atoms with Crippen LogP contribution in [0.15, 0.2) is 0 Å². The molecule has 0 radical (unpaired) electrons. The van der Waals surface area contributed by atoms with E-state index in [1.165, 1.54) is 6.42 Å². The third-order valence-electron chi connectivity index (χ3n) is 3.13. The molecule has 0 amide bonds. The van der Waals surface area contributed by atoms with Crippen molar-refractivity contribution in [3.63, 3.8) is 0 Å². The summed E-state index contributed by atoms with van der Waals surface area (Å²) in [6, 6.07) is 0. The number of hydrogen-bond donors (Lipinski definition) is 2. The highest BCUT2D eigenvalue weighted by atomic mass is 16.4. The molecule has 3 nitrogen and oxygen atoms in total. The van der Waals surface area contributed by atoms with E-state index in [2.05, 4.69) is 0 Å². The molecule has 1 unspecified atom stereocenters. The van der Waals surface area contributed by atoms with Crippen molar-refractivity contribution in [3.8, 4) is 0 Å². The number of nitrogens with zero attached hydrogens (tertiary/aromatic N) is 1. The number of piperidine rings is 1. The van der Waals surface area contributed by atoms with Crippen LogP contribution in [0.2, 0.25) is 0 Å². The Morgan fingerprint density at radius 1 is 0.923 bits per heavy atom. The Balaban J connectivity index is 2.67. The van der Waals surface area contributed by atoms with Gasteiger partial charge in [-0.15, -0.1) is 0 Å². The summed E-state index contributed by atoms with van der Waals surface area (Å²) in [5.74, 6) is 0. The molecular weight excluding hydrogens is 166 g/mol. The molecule has 0 aromatic carbocycles. The number of hydrogen-bond acceptors (Lipinski definition) is 3. The second-order valence-electron chi connectivity index (χ2n) is 4.63. The second kappa shape index (κ2) is 3.56. The van der Waals surface area contributed by atoms with Gasteiger partial charge in [-0.25, -0.2) is 0 Å². The van der Waals surface area contributed by atoms with Gasteiger partial charge in [0.05, 0.1) is 0 Å². The zero-order valence-electron chi connectivity index (χ0n) is 8.88. The molecule has 0 aliphatic carbocycles. The highest BCUT2D eigenvalue weighted by Gasteiger charge is 2.42. The summed E-state index contributed by atoms with van der Waals surface area (Å²) in [6.45, 7) is 6.77. The molecule has 0 aromatic rings. The molecule has 78 valence electrons. The maximum atomic E-state index is 10.2. The average molecular weight is 187 g/mol. The van der Waals surface area contributed by atoms with Crippen molar-refractivity contribution in [2.75, 3.05) is 13.1 Å². The molecule has 2 N–H and O–H groups in total. The minimum Gasteiger partial charge on any atom is -0.386 e. The zero-order chi connectivity index (χ0) is 10.1. The molecule has 0 saturated carbocycles. The van der Waals surface area contributed by atoms with Gasteiger partial charge < -0.3 is 10.2 Å². The predicted molar refractivity (Wildman–Crippen MR) is 52.3 cm³/mol. The van der Waals surface area contributed by atoms with Gasteiger partial charge in [-0.1, -0.05) is 6.42 Å². The highest BCUT2D eigenvalue weighted by Crippen LogP contribution is 2.28. The van der Waals surface area contributed by atoms with Gasteiger partial charge in [-0.3, -0.25) is 4.90 Å². The zero-order valence-corrected chi connectivity index (χ0v) is 8.88. The van der Waals surface area contributed by atoms with Gasteiger partial charge >= 0.3 is 0 Å². The Bertz CT molecular complexity index is 166. The fraction of sp³-hybridized carbons (Fsp3) is 1.00. The molecule has 1 aliphatic heterocycles. The van der Waals surface area contributed by atoms with Gasteiger partial charge in [0.15, 0.2) is 0 Å². The molecule has 0 spiro atoms. The van der Waals surface area contributed by atoms with E-state index >= 15 is 0 Å². The second-order valence-corrected chi connectivity index (χ2v) is 4.63. The number of likely N-dealkylation sites (tertiary alicyclic amines) is 1. The first-order valence-electron chi connectivity index (χ1n) is 5.05. The van der Waals surface area contributed by atoms with Gasteiger partial charge in [0.25, 0.3) is 0 Å². The number of rotatable bonds is 2. The molecule has 1 aliphatic rings. The first-order valence-corrected chi connectivity index (χ1v) is 5.05. The minimum atomic E-state index is -1.10. The van der Waals surface area contributed by atoms with Crippen LogP contribution in [-0.2, 0) is 0 Å². The lowest BCUT2D eigenvalue weighted by molar-refractivity contribution is -0.212. The summed E-state index contributed by atoms with van der Waals surface area (Å²) in [5, 5.41) is 20.0. The molecule has 3 heteroatoms. The first-order chi connectivity index (χ1) is 5.86. The normalized spacial score (nSPS) is 25.6. The van der Waals surface area contributed by atoms with Crippen LogP contribution in [0.5, 0.6) is 0 Å². The Hall–Kier alpha value is -0.120. The lowest BCUT2D eigenvalue weighted by Gasteiger charge is -2.46. The summed E-state index contributed by atoms with van der Waals surface area (Å²) in [5.41, 5.74) is -2.17. The molecule has 0 bridgehead atoms. The van der Waals surface area contributed by atoms with Crippen LogP contribution in [0.25, 0.3) is 0 Å². The Labute approximate surface area is 80.4 Å². The summed E-state index contributed by atoms with van der Waals surface area (Å²) < 4.78 is 0. The molecule has 1 fully saturated rings. The predicted octanol–water partition coefficient (Wildman–Crippen LogP) is 0.952. The summed E-state index contributed by atoms with van der Waals surface area (Å²) in [7, 11) is 0. The maximum absolute atomic E-state index is 10.2. The maximum Gasteiger partial charge on any atom is 0.144 e. The van der Waals surface area contributed by atoms with Gasteiger partial charge in [0.1, 0.15) is 11.3 Å². The fourth-order valence-corrected chi connectivity index (χ4v) is 1.72. The van der Waals surface area contributed by atoms with Crippen molar-refractivity contribution in [1.82, 2.24) is 4.90 Å². The lowest BCUT2D eigenvalue weighted by atomic mass is 9.92. The molecule has 13 heavy (non-hydrogen) atoms. The van der Waals surface area contributed by atoms with E-state index in [4.69, 9.17) is 0 Å². The van der Waals surface area contributed by atoms with Gasteiger partial charge in [-0.2, -0.15) is 0 Å². The largest absolute Gasteiger partial charge is 0.386 e. The average Bonchev–Trinajstić information content (AvgIpc) is 2.04. The molecule has 1 rings (SSSR count). The van der Waals surface area contributed by atoms with Crippen molar-refractivity contribution in [3.05, 3.63) is 0 Å². The highest BCUT2D eigenvalue weighted by molar-refractivity contribution is 4.90. The molecule has 1 heterocycles. The van der Waals surface area contributed by atoms with Crippen LogP contribution < -0.4 is 0 Å². The van der Waals surface area contributed by atoms with Gasteiger partial charge in [-0.05, 0) is 33.6 Å². The van der Waals surface area contributed by atoms with Crippen molar-refractivity contribution >= 4 is 0 Å². The molecule has 1 saturated heterocycles. The quantitative estimate of drug-likeness (QED) is 0.676. The Kier molecular flexibility index (Phi) is 3.00. The molecule has 0 aromatic heterocycles. The fourth-order valence-electron chi connectivity index (χ4n) is 1.72. The summed E-state index contributed by atoms with van der Waals surface area (Å²) in [6.07, 6.45) is 3.47. The van der Waals surface area contributed by atoms with E-state index in [1.54, 1.807) is 20.8 Å². The van der Waals surface area contributed by atoms with E-state index in [0.717, 1.165) is 25.9 Å². The molecule has 1 atom stereocenters. The smallest absolute Gasteiger partial charge is 0.144 e. The van der Waals surface area contributed by atoms with E-state index in [1.807, 2.05) is 4.90 Å². The number of aliphatic hydroxyl groups is 2. The van der Waals surface area contributed by atoms with Crippen molar-refractivity contribution in [1.29, 1.82) is 0 Å². The van der Waals surface area contributed by atoms with Crippen LogP contribution in [0.4, 0.5) is 0 Å². The van der Waals surface area contributed by atoms with Crippen molar-refractivity contribution in [2.45, 2.75) is 51.4 Å². The minimum absolute atomic E-state index is 0.886. The molecular formula is C10H21NO2. The SMILES string of the molecule is CC(C)(O)C(C)(O)N1CCCCC1. The van der Waals surface area contributed by atoms with E-state index in [9.17, 15) is 10.2 Å². The van der Waals surface area contributed by atoms with Gasteiger partial charge in [0, 0.05) is 13.1 Å². The van der Waals surface area contributed by atoms with E-state index in [0.29, 0.717) is 0 Å². The Morgan fingerprint density at radius 2 is 1.38 bits per heavy atom. The first kappa shape index (κ1) is 11.0. The van der Waals surface area contributed by atoms with E-state index < -0.39 is 11.3 Å². The lowest BCUT2D eigenvalue weighted by Crippen LogP contribution is -2.61. The van der Waals surface area contributed by atoms with Gasteiger partial charge in [0.2, 0.25) is 0 Å². The van der Waals surface area contributed by atoms with E-state index in [-0.39, 0.29) is 0 Å². The topological polar surface area (TPSA) is 43.7 Å². The third kappa shape index (κ3) is 2.22. The summed E-state index contributed by atoms with van der Waals surface area (Å²) >= 11 is 0. The van der Waals surface area contributed by atoms with Crippen LogP contribution in [0.3, 0.4) is 0 Å². The third-order valence-corrected chi connectivity index (χ3v) is 3.13. The van der Waals surface area contributed by atoms with Crippen molar-refractivity contribution < 1.29 is 10.2 Å². The van der Waals surface area contributed by atoms with Crippen LogP contribution in [0, 0.1) is 0 Å². The Morgan fingerprint density at radius 3 is 1.77 bits per heavy atom. The standard InChI is InChI=1S/C10H21NO2/c1-9(2,12)10(3,13)11-7-5-4-6-8-11/h12-13H,4-8H2,1-3H3.